The van der Waals surface area contributed by atoms with Crippen LogP contribution in [0.1, 0.15) is 0 Å². The quantitative estimate of drug-likeness (QED) is 0.859. The molecule has 1 aliphatic rings. The second kappa shape index (κ2) is 6.20. The Hall–Kier alpha value is -1.32. The molecule has 0 spiro atoms. The zero-order chi connectivity index (χ0) is 15.6. The SMILES string of the molecule is CO[C@H]1CNCC1Nc1cnn(CC(F)(F)F)c(=O)c1Cl. The van der Waals surface area contributed by atoms with Gasteiger partial charge in [-0.15, -0.1) is 0 Å². The summed E-state index contributed by atoms with van der Waals surface area (Å²) in [6.45, 7) is -0.262. The fourth-order valence-electron chi connectivity index (χ4n) is 2.09. The van der Waals surface area contributed by atoms with Crippen molar-refractivity contribution in [2.24, 2.45) is 0 Å². The van der Waals surface area contributed by atoms with E-state index in [2.05, 4.69) is 15.7 Å². The second-order valence-corrected chi connectivity index (χ2v) is 5.01. The molecule has 21 heavy (non-hydrogen) atoms. The summed E-state index contributed by atoms with van der Waals surface area (Å²) in [5, 5.41) is 9.22. The van der Waals surface area contributed by atoms with E-state index in [1.807, 2.05) is 0 Å². The molecule has 10 heteroatoms. The summed E-state index contributed by atoms with van der Waals surface area (Å²) in [4.78, 5) is 11.8. The number of halogens is 4. The lowest BCUT2D eigenvalue weighted by molar-refractivity contribution is -0.143. The van der Waals surface area contributed by atoms with Crippen LogP contribution in [0.4, 0.5) is 18.9 Å². The molecule has 2 N–H and O–H groups in total. The van der Waals surface area contributed by atoms with Crippen LogP contribution >= 0.6 is 11.6 Å². The Bertz CT molecular complexity index is 563. The van der Waals surface area contributed by atoms with Gasteiger partial charge in [0.25, 0.3) is 5.56 Å². The molecule has 1 aromatic rings. The van der Waals surface area contributed by atoms with Crippen LogP contribution in [0.3, 0.4) is 0 Å². The Morgan fingerprint density at radius 1 is 1.57 bits per heavy atom. The van der Waals surface area contributed by atoms with E-state index in [0.717, 1.165) is 6.20 Å². The van der Waals surface area contributed by atoms with Crippen molar-refractivity contribution in [3.8, 4) is 0 Å². The third-order valence-electron chi connectivity index (χ3n) is 3.12. The number of methoxy groups -OCH3 is 1. The second-order valence-electron chi connectivity index (χ2n) is 4.63. The number of nitrogens with one attached hydrogen (secondary N) is 2. The Balaban J connectivity index is 2.19. The fraction of sp³-hybridized carbons (Fsp3) is 0.636. The molecule has 118 valence electrons. The highest BCUT2D eigenvalue weighted by Crippen LogP contribution is 2.21. The molecule has 0 aliphatic carbocycles. The average Bonchev–Trinajstić information content (AvgIpc) is 2.84. The van der Waals surface area contributed by atoms with E-state index >= 15 is 0 Å². The van der Waals surface area contributed by atoms with E-state index in [9.17, 15) is 18.0 Å². The fourth-order valence-corrected chi connectivity index (χ4v) is 2.30. The van der Waals surface area contributed by atoms with Crippen molar-refractivity contribution < 1.29 is 17.9 Å². The molecule has 0 bridgehead atoms. The summed E-state index contributed by atoms with van der Waals surface area (Å²) in [6.07, 6.45) is -3.55. The standard InChI is InChI=1S/C11H14ClF3N4O2/c1-21-8-4-16-2-6(8)18-7-3-17-19(5-11(13,14)15)10(20)9(7)12/h3,6,8,16,18H,2,4-5H2,1H3/t6?,8-/m0/s1. The van der Waals surface area contributed by atoms with Crippen LogP contribution in [0.25, 0.3) is 0 Å². The predicted octanol–water partition coefficient (Wildman–Crippen LogP) is 0.858. The minimum Gasteiger partial charge on any atom is -0.378 e. The number of alkyl halides is 3. The van der Waals surface area contributed by atoms with Gasteiger partial charge in [-0.25, -0.2) is 4.68 Å². The molecule has 1 aliphatic heterocycles. The molecule has 0 radical (unpaired) electrons. The first-order valence-electron chi connectivity index (χ1n) is 6.14. The summed E-state index contributed by atoms with van der Waals surface area (Å²) in [5.41, 5.74) is -0.797. The first-order valence-corrected chi connectivity index (χ1v) is 6.52. The molecule has 1 saturated heterocycles. The maximum atomic E-state index is 12.3. The van der Waals surface area contributed by atoms with Crippen molar-refractivity contribution in [2.75, 3.05) is 25.5 Å². The van der Waals surface area contributed by atoms with Crippen LogP contribution < -0.4 is 16.2 Å². The smallest absolute Gasteiger partial charge is 0.378 e. The molecule has 1 aromatic heterocycles. The third kappa shape index (κ3) is 3.86. The molecule has 0 saturated carbocycles. The van der Waals surface area contributed by atoms with Gasteiger partial charge < -0.3 is 15.4 Å². The first-order chi connectivity index (χ1) is 9.81. The Morgan fingerprint density at radius 3 is 2.90 bits per heavy atom. The van der Waals surface area contributed by atoms with Crippen molar-refractivity contribution in [3.63, 3.8) is 0 Å². The van der Waals surface area contributed by atoms with Crippen LogP contribution in [0.15, 0.2) is 11.0 Å². The van der Waals surface area contributed by atoms with Crippen LogP contribution in [-0.4, -0.2) is 48.3 Å². The van der Waals surface area contributed by atoms with Gasteiger partial charge >= 0.3 is 6.18 Å². The summed E-state index contributed by atoms with van der Waals surface area (Å²) < 4.78 is 42.4. The maximum absolute atomic E-state index is 12.3. The van der Waals surface area contributed by atoms with Crippen LogP contribution in [0, 0.1) is 0 Å². The monoisotopic (exact) mass is 326 g/mol. The van der Waals surface area contributed by atoms with Gasteiger partial charge in [0, 0.05) is 20.2 Å². The Morgan fingerprint density at radius 2 is 2.29 bits per heavy atom. The van der Waals surface area contributed by atoms with Gasteiger partial charge in [-0.2, -0.15) is 18.3 Å². The van der Waals surface area contributed by atoms with E-state index in [4.69, 9.17) is 16.3 Å². The first kappa shape index (κ1) is 16.1. The molecule has 0 aromatic carbocycles. The van der Waals surface area contributed by atoms with Gasteiger partial charge in [0.05, 0.1) is 24.0 Å². The number of ether oxygens (including phenoxy) is 1. The van der Waals surface area contributed by atoms with Gasteiger partial charge in [-0.3, -0.25) is 4.79 Å². The van der Waals surface area contributed by atoms with Gasteiger partial charge in [0.15, 0.2) is 0 Å². The number of hydrogen-bond acceptors (Lipinski definition) is 5. The van der Waals surface area contributed by atoms with Gasteiger partial charge in [0.2, 0.25) is 0 Å². The lowest BCUT2D eigenvalue weighted by Crippen LogP contribution is -2.35. The van der Waals surface area contributed by atoms with E-state index in [1.165, 1.54) is 0 Å². The van der Waals surface area contributed by atoms with Crippen molar-refractivity contribution in [1.29, 1.82) is 0 Å². The van der Waals surface area contributed by atoms with Crippen LogP contribution in [0.5, 0.6) is 0 Å². The van der Waals surface area contributed by atoms with E-state index in [1.54, 1.807) is 7.11 Å². The molecule has 0 amide bonds. The third-order valence-corrected chi connectivity index (χ3v) is 3.48. The minimum atomic E-state index is -4.54. The molecule has 1 unspecified atom stereocenters. The van der Waals surface area contributed by atoms with Crippen molar-refractivity contribution in [1.82, 2.24) is 15.1 Å². The van der Waals surface area contributed by atoms with Gasteiger partial charge in [-0.1, -0.05) is 11.6 Å². The number of hydrogen-bond donors (Lipinski definition) is 2. The molecule has 2 atom stereocenters. The zero-order valence-electron chi connectivity index (χ0n) is 11.1. The predicted molar refractivity (Wildman–Crippen MR) is 70.6 cm³/mol. The van der Waals surface area contributed by atoms with Crippen molar-refractivity contribution in [3.05, 3.63) is 21.6 Å². The summed E-state index contributed by atoms with van der Waals surface area (Å²) in [5.74, 6) is 0. The van der Waals surface area contributed by atoms with Crippen molar-refractivity contribution >= 4 is 17.3 Å². The number of anilines is 1. The number of aromatic nitrogens is 2. The summed E-state index contributed by atoms with van der Waals surface area (Å²) in [7, 11) is 1.55. The van der Waals surface area contributed by atoms with E-state index in [-0.39, 0.29) is 27.5 Å². The van der Waals surface area contributed by atoms with Crippen molar-refractivity contribution in [2.45, 2.75) is 24.9 Å². The lowest BCUT2D eigenvalue weighted by atomic mass is 10.2. The zero-order valence-corrected chi connectivity index (χ0v) is 11.8. The van der Waals surface area contributed by atoms with Crippen LogP contribution in [0.2, 0.25) is 5.02 Å². The van der Waals surface area contributed by atoms with Gasteiger partial charge in [0.1, 0.15) is 11.6 Å². The van der Waals surface area contributed by atoms with E-state index < -0.39 is 18.3 Å². The maximum Gasteiger partial charge on any atom is 0.408 e. The van der Waals surface area contributed by atoms with Gasteiger partial charge in [-0.05, 0) is 0 Å². The highest BCUT2D eigenvalue weighted by molar-refractivity contribution is 6.32. The molecule has 1 fully saturated rings. The average molecular weight is 327 g/mol. The highest BCUT2D eigenvalue weighted by Gasteiger charge is 2.31. The number of nitrogens with zero attached hydrogens (tertiary/aromatic N) is 2. The van der Waals surface area contributed by atoms with E-state index in [0.29, 0.717) is 13.1 Å². The Kier molecular flexibility index (Phi) is 4.74. The molecule has 6 nitrogen and oxygen atoms in total. The normalized spacial score (nSPS) is 22.5. The largest absolute Gasteiger partial charge is 0.408 e. The molecule has 2 rings (SSSR count). The lowest BCUT2D eigenvalue weighted by Gasteiger charge is -2.20. The molecular formula is C11H14ClF3N4O2. The summed E-state index contributed by atoms with van der Waals surface area (Å²) >= 11 is 5.83. The molecular weight excluding hydrogens is 313 g/mol. The minimum absolute atomic E-state index is 0.126. The van der Waals surface area contributed by atoms with Crippen LogP contribution in [-0.2, 0) is 11.3 Å². The Labute approximate surface area is 123 Å². The number of rotatable bonds is 4. The summed E-state index contributed by atoms with van der Waals surface area (Å²) in [6, 6.07) is -0.146. The highest BCUT2D eigenvalue weighted by atomic mass is 35.5. The molecule has 2 heterocycles. The topological polar surface area (TPSA) is 68.2 Å².